The first-order valence-electron chi connectivity index (χ1n) is 10.9. The van der Waals surface area contributed by atoms with E-state index in [2.05, 4.69) is 10.1 Å². The third kappa shape index (κ3) is 3.37. The predicted octanol–water partition coefficient (Wildman–Crippen LogP) is 2.43. The molecule has 0 spiro atoms. The summed E-state index contributed by atoms with van der Waals surface area (Å²) >= 11 is 0. The van der Waals surface area contributed by atoms with Gasteiger partial charge in [0.25, 0.3) is 11.5 Å². The third-order valence-electron chi connectivity index (χ3n) is 6.39. The Morgan fingerprint density at radius 2 is 2.09 bits per heavy atom. The summed E-state index contributed by atoms with van der Waals surface area (Å²) in [6.07, 6.45) is 2.44. The highest BCUT2D eigenvalue weighted by Crippen LogP contribution is 2.33. The number of H-pyrrole nitrogens is 1. The molecule has 2 aliphatic rings. The number of rotatable bonds is 3. The Balaban J connectivity index is 1.48. The van der Waals surface area contributed by atoms with Gasteiger partial charge < -0.3 is 9.80 Å². The van der Waals surface area contributed by atoms with Gasteiger partial charge >= 0.3 is 0 Å². The molecule has 1 saturated heterocycles. The number of likely N-dealkylation sites (tertiary alicyclic amines) is 1. The number of nitrogens with one attached hydrogen (secondary N) is 1. The lowest BCUT2D eigenvalue weighted by Gasteiger charge is -2.27. The maximum atomic E-state index is 13.6. The number of amides is 2. The minimum Gasteiger partial charge on any atom is -0.336 e. The Kier molecular flexibility index (Phi) is 5.03. The molecule has 1 aromatic carbocycles. The maximum absolute atomic E-state index is 13.6. The van der Waals surface area contributed by atoms with Crippen LogP contribution in [0.1, 0.15) is 59.5 Å². The second kappa shape index (κ2) is 7.89. The third-order valence-corrected chi connectivity index (χ3v) is 6.39. The number of carbonyl (C=O) groups excluding carboxylic acids is 2. The molecule has 4 heterocycles. The van der Waals surface area contributed by atoms with Gasteiger partial charge in [-0.05, 0) is 37.5 Å². The molecule has 2 aromatic heterocycles. The number of aromatic nitrogens is 3. The number of aromatic amines is 1. The van der Waals surface area contributed by atoms with Crippen LogP contribution in [0.3, 0.4) is 0 Å². The van der Waals surface area contributed by atoms with Crippen LogP contribution >= 0.6 is 0 Å². The Morgan fingerprint density at radius 1 is 1.25 bits per heavy atom. The average molecular weight is 437 g/mol. The number of carbonyl (C=O) groups is 2. The Labute approximate surface area is 183 Å². The molecule has 166 valence electrons. The quantitative estimate of drug-likeness (QED) is 0.682. The first-order valence-corrected chi connectivity index (χ1v) is 10.9. The van der Waals surface area contributed by atoms with E-state index in [-0.39, 0.29) is 23.4 Å². The fraction of sp³-hybridized carbons (Fsp3) is 0.391. The van der Waals surface area contributed by atoms with E-state index in [9.17, 15) is 18.8 Å². The first kappa shape index (κ1) is 20.4. The lowest BCUT2D eigenvalue weighted by molar-refractivity contribution is -0.131. The molecule has 0 bridgehead atoms. The topological polar surface area (TPSA) is 90.8 Å². The van der Waals surface area contributed by atoms with E-state index in [4.69, 9.17) is 0 Å². The summed E-state index contributed by atoms with van der Waals surface area (Å²) in [6, 6.07) is 7.23. The molecular weight excluding hydrogens is 413 g/mol. The van der Waals surface area contributed by atoms with Gasteiger partial charge in [0.1, 0.15) is 5.82 Å². The van der Waals surface area contributed by atoms with Gasteiger partial charge in [-0.15, -0.1) is 0 Å². The number of hydrogen-bond donors (Lipinski definition) is 1. The van der Waals surface area contributed by atoms with Gasteiger partial charge in [-0.3, -0.25) is 19.5 Å². The van der Waals surface area contributed by atoms with Crippen molar-refractivity contribution >= 4 is 17.5 Å². The lowest BCUT2D eigenvalue weighted by atomic mass is 10.1. The van der Waals surface area contributed by atoms with E-state index >= 15 is 0 Å². The van der Waals surface area contributed by atoms with Crippen LogP contribution in [-0.4, -0.2) is 49.3 Å². The summed E-state index contributed by atoms with van der Waals surface area (Å²) in [5.74, 6) is -0.641. The van der Waals surface area contributed by atoms with Crippen molar-refractivity contribution in [2.24, 2.45) is 0 Å². The molecule has 3 aromatic rings. The average Bonchev–Trinajstić information content (AvgIpc) is 3.45. The molecule has 8 nitrogen and oxygen atoms in total. The Morgan fingerprint density at radius 3 is 2.88 bits per heavy atom. The first-order chi connectivity index (χ1) is 15.5. The highest BCUT2D eigenvalue weighted by molar-refractivity contribution is 5.94. The minimum atomic E-state index is -0.450. The number of hydrogen-bond acceptors (Lipinski definition) is 4. The lowest BCUT2D eigenvalue weighted by Crippen LogP contribution is -2.39. The molecule has 2 aliphatic heterocycles. The van der Waals surface area contributed by atoms with Gasteiger partial charge in [-0.2, -0.15) is 0 Å². The molecule has 0 aliphatic carbocycles. The molecule has 1 fully saturated rings. The van der Waals surface area contributed by atoms with E-state index in [1.54, 1.807) is 21.9 Å². The van der Waals surface area contributed by atoms with Gasteiger partial charge in [0.15, 0.2) is 5.65 Å². The standard InChI is InChI=1S/C23H24FN5O3/c1-2-21(30)27-10-8-16-18(13-27)25-20-12-17(26-29(20)23(16)32)19-7-4-9-28(19)22(31)14-5-3-6-15(24)11-14/h3,5-6,11-12,19,26H,2,4,7-10,13H2,1H3/t19-/m0/s1. The zero-order valence-electron chi connectivity index (χ0n) is 17.8. The van der Waals surface area contributed by atoms with Crippen LogP contribution in [0, 0.1) is 5.82 Å². The van der Waals surface area contributed by atoms with Crippen molar-refractivity contribution in [3.8, 4) is 0 Å². The minimum absolute atomic E-state index is 0.0462. The highest BCUT2D eigenvalue weighted by Gasteiger charge is 2.33. The van der Waals surface area contributed by atoms with Crippen molar-refractivity contribution in [3.05, 3.63) is 69.0 Å². The molecule has 32 heavy (non-hydrogen) atoms. The van der Waals surface area contributed by atoms with E-state index in [1.165, 1.54) is 22.7 Å². The monoisotopic (exact) mass is 437 g/mol. The van der Waals surface area contributed by atoms with Crippen molar-refractivity contribution < 1.29 is 14.0 Å². The zero-order chi connectivity index (χ0) is 22.4. The van der Waals surface area contributed by atoms with Crippen LogP contribution in [0.4, 0.5) is 4.39 Å². The van der Waals surface area contributed by atoms with E-state index in [1.807, 2.05) is 6.92 Å². The van der Waals surface area contributed by atoms with Crippen molar-refractivity contribution in [1.82, 2.24) is 24.4 Å². The zero-order valence-corrected chi connectivity index (χ0v) is 17.8. The van der Waals surface area contributed by atoms with Gasteiger partial charge in [-0.1, -0.05) is 13.0 Å². The molecule has 0 saturated carbocycles. The SMILES string of the molecule is CCC(=O)N1CCc2c(nc3cc([C@@H]4CCCN4C(=O)c4cccc(F)c4)[nH]n3c2=O)C1. The van der Waals surface area contributed by atoms with Crippen molar-refractivity contribution in [1.29, 1.82) is 0 Å². The molecule has 0 radical (unpaired) electrons. The molecule has 0 unspecified atom stereocenters. The molecule has 1 N–H and O–H groups in total. The Bertz CT molecular complexity index is 1280. The number of halogens is 1. The van der Waals surface area contributed by atoms with Crippen LogP contribution in [0.15, 0.2) is 35.1 Å². The van der Waals surface area contributed by atoms with Crippen molar-refractivity contribution in [3.63, 3.8) is 0 Å². The molecule has 9 heteroatoms. The summed E-state index contributed by atoms with van der Waals surface area (Å²) in [5.41, 5.74) is 2.59. The molecule has 2 amide bonds. The van der Waals surface area contributed by atoms with Gasteiger partial charge in [-0.25, -0.2) is 13.9 Å². The van der Waals surface area contributed by atoms with E-state index in [0.29, 0.717) is 54.9 Å². The predicted molar refractivity (Wildman–Crippen MR) is 115 cm³/mol. The summed E-state index contributed by atoms with van der Waals surface area (Å²) < 4.78 is 15.0. The van der Waals surface area contributed by atoms with Crippen molar-refractivity contribution in [2.45, 2.75) is 45.2 Å². The van der Waals surface area contributed by atoms with Gasteiger partial charge in [0.05, 0.1) is 24.0 Å². The maximum Gasteiger partial charge on any atom is 0.276 e. The normalized spacial score (nSPS) is 18.2. The molecular formula is C23H24FN5O3. The van der Waals surface area contributed by atoms with Gasteiger partial charge in [0, 0.05) is 36.7 Å². The number of benzene rings is 1. The van der Waals surface area contributed by atoms with E-state index in [0.717, 1.165) is 18.5 Å². The molecule has 5 rings (SSSR count). The van der Waals surface area contributed by atoms with E-state index < -0.39 is 5.82 Å². The summed E-state index contributed by atoms with van der Waals surface area (Å²) in [5, 5.41) is 3.14. The van der Waals surface area contributed by atoms with Crippen LogP contribution in [-0.2, 0) is 17.8 Å². The molecule has 1 atom stereocenters. The number of nitrogens with zero attached hydrogens (tertiary/aromatic N) is 4. The summed E-state index contributed by atoms with van der Waals surface area (Å²) in [4.78, 5) is 46.3. The van der Waals surface area contributed by atoms with Crippen LogP contribution in [0.2, 0.25) is 0 Å². The second-order valence-corrected chi connectivity index (χ2v) is 8.33. The van der Waals surface area contributed by atoms with Crippen molar-refractivity contribution in [2.75, 3.05) is 13.1 Å². The fourth-order valence-electron chi connectivity index (χ4n) is 4.74. The summed E-state index contributed by atoms with van der Waals surface area (Å²) in [6.45, 7) is 3.22. The van der Waals surface area contributed by atoms with Crippen LogP contribution in [0.25, 0.3) is 5.65 Å². The largest absolute Gasteiger partial charge is 0.336 e. The number of fused-ring (bicyclic) bond motifs is 2. The highest BCUT2D eigenvalue weighted by atomic mass is 19.1. The summed E-state index contributed by atoms with van der Waals surface area (Å²) in [7, 11) is 0. The Hall–Kier alpha value is -3.49. The van der Waals surface area contributed by atoms with Crippen LogP contribution < -0.4 is 5.56 Å². The van der Waals surface area contributed by atoms with Gasteiger partial charge in [0.2, 0.25) is 5.91 Å². The fourth-order valence-corrected chi connectivity index (χ4v) is 4.74. The van der Waals surface area contributed by atoms with Crippen LogP contribution in [0.5, 0.6) is 0 Å². The second-order valence-electron chi connectivity index (χ2n) is 8.33. The smallest absolute Gasteiger partial charge is 0.276 e.